The van der Waals surface area contributed by atoms with E-state index in [0.717, 1.165) is 17.3 Å². The highest BCUT2D eigenvalue weighted by Crippen LogP contribution is 2.38. The first-order chi connectivity index (χ1) is 13.3. The lowest BCUT2D eigenvalue weighted by Crippen LogP contribution is -2.27. The van der Waals surface area contributed by atoms with E-state index in [1.165, 1.54) is 6.07 Å². The van der Waals surface area contributed by atoms with Gasteiger partial charge in [-0.3, -0.25) is 13.8 Å². The predicted molar refractivity (Wildman–Crippen MR) is 107 cm³/mol. The second kappa shape index (κ2) is 7.30. The maximum absolute atomic E-state index is 15.2. The number of phenols is 1. The Morgan fingerprint density at radius 1 is 1.39 bits per heavy atom. The molecule has 2 fully saturated rings. The summed E-state index contributed by atoms with van der Waals surface area (Å²) >= 11 is -1.94. The van der Waals surface area contributed by atoms with Crippen molar-refractivity contribution in [2.75, 3.05) is 35.5 Å². The normalized spacial score (nSPS) is 23.9. The van der Waals surface area contributed by atoms with E-state index in [0.29, 0.717) is 17.6 Å². The zero-order chi connectivity index (χ0) is 20.0. The molecule has 4 rings (SSSR count). The van der Waals surface area contributed by atoms with E-state index in [1.54, 1.807) is 24.5 Å². The molecule has 2 aliphatic rings. The van der Waals surface area contributed by atoms with E-state index in [-0.39, 0.29) is 29.4 Å². The SMILES string of the molecule is CS(=O)N1CCC(Nc2ccc3cc(O)c(N4CC(=O)NS4=O)c(F)c3c2)C1. The first kappa shape index (κ1) is 19.1. The van der Waals surface area contributed by atoms with E-state index in [9.17, 15) is 18.3 Å². The Kier molecular flexibility index (Phi) is 4.98. The zero-order valence-electron chi connectivity index (χ0n) is 15.0. The van der Waals surface area contributed by atoms with Crippen LogP contribution in [-0.4, -0.2) is 55.7 Å². The Bertz CT molecular complexity index is 1020. The lowest BCUT2D eigenvalue weighted by atomic mass is 10.1. The summed E-state index contributed by atoms with van der Waals surface area (Å²) in [7, 11) is -1.02. The highest BCUT2D eigenvalue weighted by molar-refractivity contribution is 7.85. The summed E-state index contributed by atoms with van der Waals surface area (Å²) in [6, 6.07) is 6.56. The van der Waals surface area contributed by atoms with Gasteiger partial charge in [-0.05, 0) is 30.0 Å². The van der Waals surface area contributed by atoms with Crippen molar-refractivity contribution in [3.05, 3.63) is 30.1 Å². The summed E-state index contributed by atoms with van der Waals surface area (Å²) < 4.78 is 43.8. The summed E-state index contributed by atoms with van der Waals surface area (Å²) in [6.45, 7) is 1.06. The van der Waals surface area contributed by atoms with Gasteiger partial charge < -0.3 is 10.4 Å². The maximum Gasteiger partial charge on any atom is 0.253 e. The molecule has 8 nitrogen and oxygen atoms in total. The molecule has 0 radical (unpaired) electrons. The molecule has 0 aliphatic carbocycles. The average molecular weight is 426 g/mol. The van der Waals surface area contributed by atoms with Crippen molar-refractivity contribution in [2.24, 2.45) is 0 Å². The van der Waals surface area contributed by atoms with Gasteiger partial charge in [0.05, 0.1) is 11.0 Å². The topological polar surface area (TPSA) is 102 Å². The second-order valence-electron chi connectivity index (χ2n) is 6.75. The number of nitrogens with one attached hydrogen (secondary N) is 2. The number of phenolic OH excluding ortho intramolecular Hbond substituents is 1. The van der Waals surface area contributed by atoms with Crippen LogP contribution in [0.4, 0.5) is 15.8 Å². The second-order valence-corrected chi connectivity index (χ2v) is 9.25. The molecule has 3 N–H and O–H groups in total. The number of halogens is 1. The third-order valence-corrected chi connectivity index (χ3v) is 7.03. The molecule has 2 aliphatic heterocycles. The van der Waals surface area contributed by atoms with Crippen LogP contribution in [0.1, 0.15) is 6.42 Å². The molecule has 150 valence electrons. The first-order valence-corrected chi connectivity index (χ1v) is 11.2. The standard InChI is InChI=1S/C17H19FN4O4S2/c1-27(25)21-5-4-12(8-21)19-11-3-2-10-6-14(23)17(16(18)13(10)7-11)22-9-15(24)20-28(22)26/h2-3,6-7,12,19,23H,4-5,8-9H2,1H3,(H,20,24). The summed E-state index contributed by atoms with van der Waals surface area (Å²) in [6.07, 6.45) is 2.46. The van der Waals surface area contributed by atoms with Crippen LogP contribution >= 0.6 is 0 Å². The molecule has 2 aromatic rings. The molecular formula is C17H19FN4O4S2. The minimum atomic E-state index is -1.94. The number of nitrogens with zero attached hydrogens (tertiary/aromatic N) is 2. The molecule has 3 atom stereocenters. The minimum Gasteiger partial charge on any atom is -0.506 e. The number of carbonyl (C=O) groups excluding carboxylic acids is 1. The summed E-state index contributed by atoms with van der Waals surface area (Å²) in [5.74, 6) is -1.63. The summed E-state index contributed by atoms with van der Waals surface area (Å²) in [5.41, 5.74) is 0.420. The molecule has 11 heteroatoms. The Hall–Kier alpha value is -2.24. The average Bonchev–Trinajstić information content (AvgIpc) is 3.22. The van der Waals surface area contributed by atoms with Crippen LogP contribution in [0.25, 0.3) is 10.8 Å². The van der Waals surface area contributed by atoms with Gasteiger partial charge in [0.15, 0.2) is 5.82 Å². The van der Waals surface area contributed by atoms with Gasteiger partial charge in [0.2, 0.25) is 11.2 Å². The Balaban J connectivity index is 1.66. The molecule has 0 aromatic heterocycles. The molecule has 1 amide bonds. The summed E-state index contributed by atoms with van der Waals surface area (Å²) in [5, 5.41) is 14.3. The van der Waals surface area contributed by atoms with Gasteiger partial charge in [-0.25, -0.2) is 17.1 Å². The number of aromatic hydroxyl groups is 1. The first-order valence-electron chi connectivity index (χ1n) is 8.62. The van der Waals surface area contributed by atoms with Crippen LogP contribution in [0.3, 0.4) is 0 Å². The van der Waals surface area contributed by atoms with Gasteiger partial charge in [-0.1, -0.05) is 6.07 Å². The number of anilines is 2. The molecule has 2 aromatic carbocycles. The Morgan fingerprint density at radius 2 is 2.18 bits per heavy atom. The van der Waals surface area contributed by atoms with Crippen molar-refractivity contribution in [2.45, 2.75) is 12.5 Å². The van der Waals surface area contributed by atoms with Gasteiger partial charge >= 0.3 is 0 Å². The van der Waals surface area contributed by atoms with Gasteiger partial charge in [0.25, 0.3) is 5.91 Å². The third kappa shape index (κ3) is 3.45. The van der Waals surface area contributed by atoms with Gasteiger partial charge in [0.1, 0.15) is 18.0 Å². The van der Waals surface area contributed by atoms with Crippen molar-refractivity contribution >= 4 is 50.2 Å². The molecule has 28 heavy (non-hydrogen) atoms. The quantitative estimate of drug-likeness (QED) is 0.677. The third-order valence-electron chi connectivity index (χ3n) is 4.86. The summed E-state index contributed by atoms with van der Waals surface area (Å²) in [4.78, 5) is 11.5. The number of benzene rings is 2. The number of hydrogen-bond donors (Lipinski definition) is 3. The van der Waals surface area contributed by atoms with Gasteiger partial charge in [-0.2, -0.15) is 0 Å². The highest BCUT2D eigenvalue weighted by atomic mass is 32.2. The molecule has 2 heterocycles. The van der Waals surface area contributed by atoms with Crippen LogP contribution in [0.5, 0.6) is 5.75 Å². The molecule has 2 saturated heterocycles. The van der Waals surface area contributed by atoms with Crippen molar-refractivity contribution < 1.29 is 22.7 Å². The number of carbonyl (C=O) groups is 1. The number of amides is 1. The predicted octanol–water partition coefficient (Wildman–Crippen LogP) is 0.979. The Morgan fingerprint density at radius 3 is 2.82 bits per heavy atom. The molecule has 0 saturated carbocycles. The van der Waals surface area contributed by atoms with Crippen molar-refractivity contribution in [3.8, 4) is 5.75 Å². The van der Waals surface area contributed by atoms with Gasteiger partial charge in [-0.15, -0.1) is 0 Å². The number of fused-ring (bicyclic) bond motifs is 1. The number of hydrogen-bond acceptors (Lipinski definition) is 5. The van der Waals surface area contributed by atoms with Crippen LogP contribution < -0.4 is 14.3 Å². The lowest BCUT2D eigenvalue weighted by Gasteiger charge is -2.19. The van der Waals surface area contributed by atoms with E-state index in [1.807, 2.05) is 4.31 Å². The maximum atomic E-state index is 15.2. The zero-order valence-corrected chi connectivity index (χ0v) is 16.6. The van der Waals surface area contributed by atoms with Gasteiger partial charge in [0, 0.05) is 36.5 Å². The molecular weight excluding hydrogens is 407 g/mol. The van der Waals surface area contributed by atoms with Crippen molar-refractivity contribution in [1.29, 1.82) is 0 Å². The molecule has 3 unspecified atom stereocenters. The smallest absolute Gasteiger partial charge is 0.253 e. The largest absolute Gasteiger partial charge is 0.506 e. The van der Waals surface area contributed by atoms with E-state index in [2.05, 4.69) is 10.0 Å². The monoisotopic (exact) mass is 426 g/mol. The van der Waals surface area contributed by atoms with Crippen molar-refractivity contribution in [3.63, 3.8) is 0 Å². The lowest BCUT2D eigenvalue weighted by molar-refractivity contribution is -0.117. The van der Waals surface area contributed by atoms with E-state index >= 15 is 4.39 Å². The fraction of sp³-hybridized carbons (Fsp3) is 0.353. The minimum absolute atomic E-state index is 0.0916. The Labute approximate surface area is 166 Å². The number of rotatable bonds is 4. The highest BCUT2D eigenvalue weighted by Gasteiger charge is 2.32. The van der Waals surface area contributed by atoms with Crippen LogP contribution in [0, 0.1) is 5.82 Å². The van der Waals surface area contributed by atoms with Crippen LogP contribution in [-0.2, 0) is 27.0 Å². The molecule has 0 bridgehead atoms. The fourth-order valence-electron chi connectivity index (χ4n) is 3.51. The van der Waals surface area contributed by atoms with E-state index in [4.69, 9.17) is 0 Å². The van der Waals surface area contributed by atoms with Crippen LogP contribution in [0.15, 0.2) is 24.3 Å². The van der Waals surface area contributed by atoms with E-state index < -0.39 is 33.9 Å². The van der Waals surface area contributed by atoms with Crippen molar-refractivity contribution in [1.82, 2.24) is 9.03 Å². The van der Waals surface area contributed by atoms with Crippen LogP contribution in [0.2, 0.25) is 0 Å². The fourth-order valence-corrected chi connectivity index (χ4v) is 5.20. The molecule has 0 spiro atoms.